The third kappa shape index (κ3) is 4.72. The van der Waals surface area contributed by atoms with E-state index in [0.29, 0.717) is 5.92 Å². The summed E-state index contributed by atoms with van der Waals surface area (Å²) in [7, 11) is 0. The monoisotopic (exact) mass is 224 g/mol. The van der Waals surface area contributed by atoms with E-state index in [4.69, 9.17) is 0 Å². The zero-order valence-electron chi connectivity index (χ0n) is 9.36. The van der Waals surface area contributed by atoms with Gasteiger partial charge in [-0.25, -0.2) is 0 Å². The van der Waals surface area contributed by atoms with Gasteiger partial charge in [0.2, 0.25) is 0 Å². The van der Waals surface area contributed by atoms with E-state index in [1.165, 1.54) is 23.5 Å². The topological polar surface area (TPSA) is 20.2 Å². The molecule has 0 aromatic heterocycles. The molecule has 0 aliphatic carbocycles. The molecule has 1 N–H and O–H groups in total. The van der Waals surface area contributed by atoms with E-state index in [1.807, 2.05) is 30.0 Å². The van der Waals surface area contributed by atoms with Crippen LogP contribution in [0.3, 0.4) is 0 Å². The molecule has 0 heterocycles. The minimum Gasteiger partial charge on any atom is -0.396 e. The lowest BCUT2D eigenvalue weighted by Crippen LogP contribution is -2.04. The van der Waals surface area contributed by atoms with Gasteiger partial charge in [0.05, 0.1) is 0 Å². The lowest BCUT2D eigenvalue weighted by molar-refractivity contribution is 0.259. The van der Waals surface area contributed by atoms with Crippen LogP contribution in [0.5, 0.6) is 0 Å². The first-order chi connectivity index (χ1) is 7.38. The van der Waals surface area contributed by atoms with Crippen LogP contribution < -0.4 is 0 Å². The third-order valence-corrected chi connectivity index (χ3v) is 3.52. The van der Waals surface area contributed by atoms with Crippen LogP contribution in [0.2, 0.25) is 0 Å². The number of aliphatic hydroxyl groups is 1. The standard InChI is InChI=1S/C13H20OS/c1-2-15-10-6-9-13(11-14)12-7-4-3-5-8-12/h3-5,7-8,13-14H,2,6,9-11H2,1H3. The fraction of sp³-hybridized carbons (Fsp3) is 0.538. The van der Waals surface area contributed by atoms with E-state index in [2.05, 4.69) is 19.1 Å². The summed E-state index contributed by atoms with van der Waals surface area (Å²) in [6.07, 6.45) is 2.28. The normalized spacial score (nSPS) is 12.7. The number of rotatable bonds is 7. The van der Waals surface area contributed by atoms with Crippen molar-refractivity contribution in [2.45, 2.75) is 25.7 Å². The van der Waals surface area contributed by atoms with Crippen LogP contribution in [0.1, 0.15) is 31.2 Å². The minimum absolute atomic E-state index is 0.265. The molecule has 1 unspecified atom stereocenters. The van der Waals surface area contributed by atoms with Crippen molar-refractivity contribution in [3.63, 3.8) is 0 Å². The molecule has 1 nitrogen and oxygen atoms in total. The molecular formula is C13H20OS. The van der Waals surface area contributed by atoms with Crippen molar-refractivity contribution >= 4 is 11.8 Å². The van der Waals surface area contributed by atoms with Crippen molar-refractivity contribution in [2.75, 3.05) is 18.1 Å². The van der Waals surface area contributed by atoms with E-state index >= 15 is 0 Å². The minimum atomic E-state index is 0.265. The van der Waals surface area contributed by atoms with E-state index in [9.17, 15) is 5.11 Å². The Balaban J connectivity index is 2.36. The summed E-state index contributed by atoms with van der Waals surface area (Å²) in [5.41, 5.74) is 1.27. The van der Waals surface area contributed by atoms with Crippen LogP contribution in [0, 0.1) is 0 Å². The van der Waals surface area contributed by atoms with Gasteiger partial charge in [-0.15, -0.1) is 0 Å². The highest BCUT2D eigenvalue weighted by atomic mass is 32.2. The second-order valence-electron chi connectivity index (χ2n) is 3.63. The van der Waals surface area contributed by atoms with Crippen molar-refractivity contribution in [3.05, 3.63) is 35.9 Å². The molecular weight excluding hydrogens is 204 g/mol. The van der Waals surface area contributed by atoms with Gasteiger partial charge in [-0.3, -0.25) is 0 Å². The Kier molecular flexibility index (Phi) is 6.53. The van der Waals surface area contributed by atoms with Gasteiger partial charge in [0.15, 0.2) is 0 Å². The summed E-state index contributed by atoms with van der Waals surface area (Å²) in [6, 6.07) is 10.3. The van der Waals surface area contributed by atoms with Crippen LogP contribution in [-0.4, -0.2) is 23.2 Å². The predicted octanol–water partition coefficient (Wildman–Crippen LogP) is 3.30. The molecule has 0 radical (unpaired) electrons. The van der Waals surface area contributed by atoms with E-state index < -0.39 is 0 Å². The largest absolute Gasteiger partial charge is 0.396 e. The van der Waals surface area contributed by atoms with Gasteiger partial charge in [0.1, 0.15) is 0 Å². The van der Waals surface area contributed by atoms with E-state index in [-0.39, 0.29) is 6.61 Å². The van der Waals surface area contributed by atoms with Crippen molar-refractivity contribution in [2.24, 2.45) is 0 Å². The molecule has 84 valence electrons. The first-order valence-electron chi connectivity index (χ1n) is 5.62. The summed E-state index contributed by atoms with van der Waals surface area (Å²) in [4.78, 5) is 0. The van der Waals surface area contributed by atoms with Gasteiger partial charge >= 0.3 is 0 Å². The maximum Gasteiger partial charge on any atom is 0.0499 e. The average Bonchev–Trinajstić information content (AvgIpc) is 2.30. The summed E-state index contributed by atoms with van der Waals surface area (Å²) in [6.45, 7) is 2.45. The van der Waals surface area contributed by atoms with Crippen LogP contribution in [-0.2, 0) is 0 Å². The van der Waals surface area contributed by atoms with Gasteiger partial charge < -0.3 is 5.11 Å². The molecule has 0 amide bonds. The number of aliphatic hydroxyl groups excluding tert-OH is 1. The molecule has 0 aliphatic rings. The van der Waals surface area contributed by atoms with Crippen molar-refractivity contribution < 1.29 is 5.11 Å². The molecule has 0 aliphatic heterocycles. The maximum absolute atomic E-state index is 9.33. The second-order valence-corrected chi connectivity index (χ2v) is 5.02. The first-order valence-corrected chi connectivity index (χ1v) is 6.77. The van der Waals surface area contributed by atoms with Gasteiger partial charge in [0, 0.05) is 12.5 Å². The molecule has 1 rings (SSSR count). The molecule has 0 saturated carbocycles. The summed E-state index contributed by atoms with van der Waals surface area (Å²) in [5.74, 6) is 2.72. The highest BCUT2D eigenvalue weighted by Crippen LogP contribution is 2.21. The molecule has 0 fully saturated rings. The number of thioether (sulfide) groups is 1. The smallest absolute Gasteiger partial charge is 0.0499 e. The Bertz CT molecular complexity index is 248. The molecule has 1 aromatic carbocycles. The molecule has 0 spiro atoms. The lowest BCUT2D eigenvalue weighted by Gasteiger charge is -2.13. The highest BCUT2D eigenvalue weighted by molar-refractivity contribution is 7.99. The Morgan fingerprint density at radius 1 is 1.27 bits per heavy atom. The number of benzene rings is 1. The Hall–Kier alpha value is -0.470. The van der Waals surface area contributed by atoms with Gasteiger partial charge in [-0.2, -0.15) is 11.8 Å². The first kappa shape index (κ1) is 12.6. The molecule has 1 aromatic rings. The Labute approximate surface area is 96.9 Å². The highest BCUT2D eigenvalue weighted by Gasteiger charge is 2.08. The molecule has 0 bridgehead atoms. The van der Waals surface area contributed by atoms with Crippen LogP contribution >= 0.6 is 11.8 Å². The van der Waals surface area contributed by atoms with Crippen molar-refractivity contribution in [3.8, 4) is 0 Å². The SMILES string of the molecule is CCSCCCC(CO)c1ccccc1. The molecule has 1 atom stereocenters. The predicted molar refractivity (Wildman–Crippen MR) is 68.5 cm³/mol. The Morgan fingerprint density at radius 2 is 2.00 bits per heavy atom. The number of hydrogen-bond donors (Lipinski definition) is 1. The maximum atomic E-state index is 9.33. The lowest BCUT2D eigenvalue weighted by atomic mass is 9.95. The van der Waals surface area contributed by atoms with Crippen LogP contribution in [0.15, 0.2) is 30.3 Å². The number of hydrogen-bond acceptors (Lipinski definition) is 2. The van der Waals surface area contributed by atoms with Crippen LogP contribution in [0.25, 0.3) is 0 Å². The third-order valence-electron chi connectivity index (χ3n) is 2.54. The molecule has 15 heavy (non-hydrogen) atoms. The van der Waals surface area contributed by atoms with Gasteiger partial charge in [-0.1, -0.05) is 37.3 Å². The second kappa shape index (κ2) is 7.77. The van der Waals surface area contributed by atoms with Gasteiger partial charge in [0.25, 0.3) is 0 Å². The van der Waals surface area contributed by atoms with Crippen molar-refractivity contribution in [1.29, 1.82) is 0 Å². The summed E-state index contributed by atoms with van der Waals surface area (Å²) < 4.78 is 0. The fourth-order valence-corrected chi connectivity index (χ4v) is 2.32. The zero-order valence-corrected chi connectivity index (χ0v) is 10.2. The quantitative estimate of drug-likeness (QED) is 0.717. The molecule has 2 heteroatoms. The summed E-state index contributed by atoms with van der Waals surface area (Å²) >= 11 is 1.97. The molecule has 0 saturated heterocycles. The zero-order chi connectivity index (χ0) is 10.9. The van der Waals surface area contributed by atoms with Crippen molar-refractivity contribution in [1.82, 2.24) is 0 Å². The Morgan fingerprint density at radius 3 is 2.60 bits per heavy atom. The fourth-order valence-electron chi connectivity index (χ4n) is 1.66. The van der Waals surface area contributed by atoms with Gasteiger partial charge in [-0.05, 0) is 29.9 Å². The van der Waals surface area contributed by atoms with E-state index in [0.717, 1.165) is 6.42 Å². The average molecular weight is 224 g/mol. The summed E-state index contributed by atoms with van der Waals surface area (Å²) in [5, 5.41) is 9.33. The van der Waals surface area contributed by atoms with E-state index in [1.54, 1.807) is 0 Å². The van der Waals surface area contributed by atoms with Crippen LogP contribution in [0.4, 0.5) is 0 Å².